The number of rotatable bonds is 5. The molecule has 2 rings (SSSR count). The molecule has 3 atom stereocenters. The van der Waals surface area contributed by atoms with E-state index in [1.807, 2.05) is 0 Å². The van der Waals surface area contributed by atoms with Crippen molar-refractivity contribution in [2.45, 2.75) is 51.0 Å². The van der Waals surface area contributed by atoms with Gasteiger partial charge in [0, 0.05) is 31.7 Å². The summed E-state index contributed by atoms with van der Waals surface area (Å²) in [6.07, 6.45) is 2.59. The van der Waals surface area contributed by atoms with E-state index in [1.54, 1.807) is 0 Å². The number of nitrogens with zero attached hydrogens (tertiary/aromatic N) is 1. The Labute approximate surface area is 98.0 Å². The first-order valence-electron chi connectivity index (χ1n) is 6.42. The summed E-state index contributed by atoms with van der Waals surface area (Å²) >= 11 is 0. The fourth-order valence-electron chi connectivity index (χ4n) is 2.15. The van der Waals surface area contributed by atoms with Gasteiger partial charge in [0.1, 0.15) is 0 Å². The third kappa shape index (κ3) is 3.70. The van der Waals surface area contributed by atoms with Gasteiger partial charge >= 0.3 is 0 Å². The molecular formula is C12H24N2O2. The summed E-state index contributed by atoms with van der Waals surface area (Å²) < 4.78 is 5.57. The second kappa shape index (κ2) is 5.45. The largest absolute Gasteiger partial charge is 0.390 e. The Kier molecular flexibility index (Phi) is 4.19. The van der Waals surface area contributed by atoms with E-state index in [9.17, 15) is 5.11 Å². The van der Waals surface area contributed by atoms with Gasteiger partial charge in [0.2, 0.25) is 0 Å². The maximum atomic E-state index is 9.94. The zero-order valence-corrected chi connectivity index (χ0v) is 10.4. The van der Waals surface area contributed by atoms with Gasteiger partial charge in [-0.15, -0.1) is 0 Å². The number of morpholine rings is 1. The lowest BCUT2D eigenvalue weighted by atomic mass is 10.2. The highest BCUT2D eigenvalue weighted by Crippen LogP contribution is 2.18. The Morgan fingerprint density at radius 2 is 2.19 bits per heavy atom. The molecule has 4 nitrogen and oxygen atoms in total. The van der Waals surface area contributed by atoms with Gasteiger partial charge in [-0.25, -0.2) is 0 Å². The van der Waals surface area contributed by atoms with Crippen LogP contribution >= 0.6 is 0 Å². The molecule has 3 unspecified atom stereocenters. The molecule has 0 aromatic rings. The number of β-amino-alcohol motifs (C(OH)–C–C–N with tert-alkyl or cyclic N) is 1. The lowest BCUT2D eigenvalue weighted by molar-refractivity contribution is -0.0613. The third-order valence-electron chi connectivity index (χ3n) is 3.40. The van der Waals surface area contributed by atoms with Crippen molar-refractivity contribution in [3.05, 3.63) is 0 Å². The molecule has 2 fully saturated rings. The van der Waals surface area contributed by atoms with E-state index in [0.29, 0.717) is 18.2 Å². The van der Waals surface area contributed by atoms with Crippen molar-refractivity contribution in [1.82, 2.24) is 10.2 Å². The van der Waals surface area contributed by atoms with Crippen LogP contribution in [0.2, 0.25) is 0 Å². The van der Waals surface area contributed by atoms with Gasteiger partial charge in [-0.05, 0) is 26.7 Å². The fraction of sp³-hybridized carbons (Fsp3) is 1.00. The molecule has 1 aliphatic carbocycles. The van der Waals surface area contributed by atoms with Gasteiger partial charge in [0.05, 0.1) is 18.8 Å². The average Bonchev–Trinajstić information content (AvgIpc) is 3.04. The molecule has 0 aromatic heterocycles. The van der Waals surface area contributed by atoms with Gasteiger partial charge in [0.15, 0.2) is 0 Å². The Morgan fingerprint density at radius 3 is 2.88 bits per heavy atom. The molecule has 0 amide bonds. The monoisotopic (exact) mass is 228 g/mol. The first kappa shape index (κ1) is 12.3. The second-order valence-electron chi connectivity index (χ2n) is 5.28. The van der Waals surface area contributed by atoms with Crippen molar-refractivity contribution < 1.29 is 9.84 Å². The van der Waals surface area contributed by atoms with Crippen molar-refractivity contribution in [1.29, 1.82) is 0 Å². The SMILES string of the molecule is CC1CN(CC(O)CNC2CC2)C(C)CO1. The number of aliphatic hydroxyl groups is 1. The number of nitrogens with one attached hydrogen (secondary N) is 1. The highest BCUT2D eigenvalue weighted by atomic mass is 16.5. The summed E-state index contributed by atoms with van der Waals surface area (Å²) in [6, 6.07) is 1.10. The molecule has 1 saturated carbocycles. The molecule has 1 aliphatic heterocycles. The van der Waals surface area contributed by atoms with E-state index in [2.05, 4.69) is 24.1 Å². The quantitative estimate of drug-likeness (QED) is 0.706. The van der Waals surface area contributed by atoms with Crippen LogP contribution in [-0.2, 0) is 4.74 Å². The molecular weight excluding hydrogens is 204 g/mol. The van der Waals surface area contributed by atoms with Crippen molar-refractivity contribution in [3.63, 3.8) is 0 Å². The summed E-state index contributed by atoms with van der Waals surface area (Å²) in [4.78, 5) is 2.33. The first-order valence-corrected chi connectivity index (χ1v) is 6.42. The van der Waals surface area contributed by atoms with Crippen LogP contribution in [0.3, 0.4) is 0 Å². The summed E-state index contributed by atoms with van der Waals surface area (Å²) in [7, 11) is 0. The number of hydrogen-bond acceptors (Lipinski definition) is 4. The topological polar surface area (TPSA) is 44.7 Å². The van der Waals surface area contributed by atoms with Crippen molar-refractivity contribution in [2.75, 3.05) is 26.2 Å². The van der Waals surface area contributed by atoms with E-state index in [4.69, 9.17) is 4.74 Å². The summed E-state index contributed by atoms with van der Waals surface area (Å²) in [5.41, 5.74) is 0. The van der Waals surface area contributed by atoms with Crippen LogP contribution in [0.5, 0.6) is 0 Å². The minimum atomic E-state index is -0.256. The molecule has 94 valence electrons. The average molecular weight is 228 g/mol. The molecule has 0 bridgehead atoms. The van der Waals surface area contributed by atoms with Crippen molar-refractivity contribution >= 4 is 0 Å². The van der Waals surface area contributed by atoms with E-state index in [1.165, 1.54) is 12.8 Å². The van der Waals surface area contributed by atoms with Crippen molar-refractivity contribution in [2.24, 2.45) is 0 Å². The fourth-order valence-corrected chi connectivity index (χ4v) is 2.15. The standard InChI is InChI=1S/C12H24N2O2/c1-9-8-16-10(2)6-14(9)7-12(15)5-13-11-3-4-11/h9-13,15H,3-8H2,1-2H3. The summed E-state index contributed by atoms with van der Waals surface area (Å²) in [6.45, 7) is 7.45. The van der Waals surface area contributed by atoms with E-state index < -0.39 is 0 Å². The predicted molar refractivity (Wildman–Crippen MR) is 63.5 cm³/mol. The van der Waals surface area contributed by atoms with Gasteiger partial charge in [-0.1, -0.05) is 0 Å². The van der Waals surface area contributed by atoms with E-state index >= 15 is 0 Å². The number of ether oxygens (including phenoxy) is 1. The maximum Gasteiger partial charge on any atom is 0.0791 e. The van der Waals surface area contributed by atoms with Crippen LogP contribution in [0.25, 0.3) is 0 Å². The minimum absolute atomic E-state index is 0.256. The van der Waals surface area contributed by atoms with Crippen LogP contribution < -0.4 is 5.32 Å². The number of hydrogen-bond donors (Lipinski definition) is 2. The van der Waals surface area contributed by atoms with Crippen LogP contribution in [0, 0.1) is 0 Å². The van der Waals surface area contributed by atoms with Gasteiger partial charge in [0.25, 0.3) is 0 Å². The zero-order chi connectivity index (χ0) is 11.5. The molecule has 0 radical (unpaired) electrons. The molecule has 2 aliphatic rings. The van der Waals surface area contributed by atoms with Crippen LogP contribution in [0.15, 0.2) is 0 Å². The Morgan fingerprint density at radius 1 is 1.44 bits per heavy atom. The third-order valence-corrected chi connectivity index (χ3v) is 3.40. The second-order valence-corrected chi connectivity index (χ2v) is 5.28. The Balaban J connectivity index is 1.68. The Bertz CT molecular complexity index is 221. The molecule has 0 spiro atoms. The van der Waals surface area contributed by atoms with Crippen LogP contribution in [-0.4, -0.2) is 60.5 Å². The minimum Gasteiger partial charge on any atom is -0.390 e. The molecule has 2 N–H and O–H groups in total. The molecule has 4 heteroatoms. The van der Waals surface area contributed by atoms with Gasteiger partial charge in [-0.2, -0.15) is 0 Å². The van der Waals surface area contributed by atoms with Crippen LogP contribution in [0.4, 0.5) is 0 Å². The van der Waals surface area contributed by atoms with Gasteiger partial charge in [-0.3, -0.25) is 4.90 Å². The Hall–Kier alpha value is -0.160. The smallest absolute Gasteiger partial charge is 0.0791 e. The molecule has 0 aromatic carbocycles. The highest BCUT2D eigenvalue weighted by Gasteiger charge is 2.26. The van der Waals surface area contributed by atoms with Gasteiger partial charge < -0.3 is 15.2 Å². The van der Waals surface area contributed by atoms with Crippen LogP contribution in [0.1, 0.15) is 26.7 Å². The van der Waals surface area contributed by atoms with Crippen molar-refractivity contribution in [3.8, 4) is 0 Å². The summed E-state index contributed by atoms with van der Waals surface area (Å²) in [5, 5.41) is 13.3. The number of aliphatic hydroxyl groups excluding tert-OH is 1. The molecule has 1 heterocycles. The molecule has 16 heavy (non-hydrogen) atoms. The summed E-state index contributed by atoms with van der Waals surface area (Å²) in [5.74, 6) is 0. The maximum absolute atomic E-state index is 9.94. The molecule has 1 saturated heterocycles. The highest BCUT2D eigenvalue weighted by molar-refractivity contribution is 4.83. The lowest BCUT2D eigenvalue weighted by Crippen LogP contribution is -2.51. The van der Waals surface area contributed by atoms with E-state index in [0.717, 1.165) is 26.2 Å². The lowest BCUT2D eigenvalue weighted by Gasteiger charge is -2.37. The predicted octanol–water partition coefficient (Wildman–Crippen LogP) is 0.209. The first-order chi connectivity index (χ1) is 7.65. The zero-order valence-electron chi connectivity index (χ0n) is 10.4. The van der Waals surface area contributed by atoms with E-state index in [-0.39, 0.29) is 6.10 Å². The normalized spacial score (nSPS) is 33.9.